The Morgan fingerprint density at radius 2 is 1.61 bits per heavy atom. The van der Waals surface area contributed by atoms with E-state index in [9.17, 15) is 9.59 Å². The number of amides is 1. The molecule has 0 fully saturated rings. The van der Waals surface area contributed by atoms with Crippen LogP contribution in [-0.4, -0.2) is 25.3 Å². The normalized spacial score (nSPS) is 12.6. The second-order valence-corrected chi connectivity index (χ2v) is 5.41. The monoisotopic (exact) mass is 259 g/mol. The van der Waals surface area contributed by atoms with Gasteiger partial charge in [-0.3, -0.25) is 4.79 Å². The summed E-state index contributed by atoms with van der Waals surface area (Å²) in [7, 11) is 0. The highest BCUT2D eigenvalue weighted by Gasteiger charge is 2.18. The zero-order chi connectivity index (χ0) is 14.1. The van der Waals surface area contributed by atoms with Gasteiger partial charge in [0.2, 0.25) is 0 Å². The summed E-state index contributed by atoms with van der Waals surface area (Å²) in [6.07, 6.45) is 0.252. The number of primary amides is 1. The van der Waals surface area contributed by atoms with Crippen LogP contribution in [0.15, 0.2) is 0 Å². The first-order valence-electron chi connectivity index (χ1n) is 6.39. The molecule has 0 heterocycles. The largest absolute Gasteiger partial charge is 0.465 e. The molecule has 0 aromatic heterocycles. The average Bonchev–Trinajstić information content (AvgIpc) is 2.22. The summed E-state index contributed by atoms with van der Waals surface area (Å²) in [4.78, 5) is 22.2. The first kappa shape index (κ1) is 16.7. The van der Waals surface area contributed by atoms with Crippen molar-refractivity contribution in [3.63, 3.8) is 0 Å². The van der Waals surface area contributed by atoms with E-state index in [0.717, 1.165) is 6.42 Å². The van der Waals surface area contributed by atoms with Gasteiger partial charge in [0, 0.05) is 5.92 Å². The molecular weight excluding hydrogens is 234 g/mol. The van der Waals surface area contributed by atoms with Crippen molar-refractivity contribution in [2.75, 3.05) is 13.2 Å². The van der Waals surface area contributed by atoms with Crippen molar-refractivity contribution in [2.45, 2.75) is 40.5 Å². The van der Waals surface area contributed by atoms with Crippen LogP contribution >= 0.6 is 0 Å². The molecule has 1 amide bonds. The smallest absolute Gasteiger partial charge is 0.404 e. The molecule has 0 spiro atoms. The van der Waals surface area contributed by atoms with Crippen LogP contribution < -0.4 is 5.73 Å². The molecule has 0 unspecified atom stereocenters. The Bertz CT molecular complexity index is 264. The van der Waals surface area contributed by atoms with Gasteiger partial charge in [-0.05, 0) is 18.3 Å². The fourth-order valence-electron chi connectivity index (χ4n) is 1.63. The Labute approximate surface area is 109 Å². The first-order valence-corrected chi connectivity index (χ1v) is 6.39. The maximum absolute atomic E-state index is 11.6. The van der Waals surface area contributed by atoms with Crippen LogP contribution in [-0.2, 0) is 14.3 Å². The van der Waals surface area contributed by atoms with Gasteiger partial charge >= 0.3 is 12.1 Å². The summed E-state index contributed by atoms with van der Waals surface area (Å²) in [5, 5.41) is 0. The standard InChI is InChI=1S/C13H25NO4/c1-9(2)5-11(8-18-13(14)16)6-12(15)17-7-10(3)4/h9-11H,5-8H2,1-4H3,(H2,14,16)/t11-/m0/s1. The number of rotatable bonds is 8. The Morgan fingerprint density at radius 3 is 2.06 bits per heavy atom. The highest BCUT2D eigenvalue weighted by molar-refractivity contribution is 5.69. The first-order chi connectivity index (χ1) is 8.31. The van der Waals surface area contributed by atoms with Crippen LogP contribution in [0.3, 0.4) is 0 Å². The Hall–Kier alpha value is -1.26. The van der Waals surface area contributed by atoms with Crippen LogP contribution in [0.1, 0.15) is 40.5 Å². The zero-order valence-corrected chi connectivity index (χ0v) is 11.8. The fourth-order valence-corrected chi connectivity index (χ4v) is 1.63. The predicted octanol–water partition coefficient (Wildman–Crippen LogP) is 2.33. The summed E-state index contributed by atoms with van der Waals surface area (Å²) in [6.45, 7) is 8.66. The van der Waals surface area contributed by atoms with Gasteiger partial charge in [0.05, 0.1) is 19.6 Å². The minimum Gasteiger partial charge on any atom is -0.465 e. The molecule has 5 nitrogen and oxygen atoms in total. The van der Waals surface area contributed by atoms with Gasteiger partial charge in [-0.15, -0.1) is 0 Å². The molecule has 0 aliphatic rings. The highest BCUT2D eigenvalue weighted by atomic mass is 16.5. The third-order valence-electron chi connectivity index (χ3n) is 2.30. The molecule has 1 atom stereocenters. The van der Waals surface area contributed by atoms with E-state index in [1.807, 2.05) is 13.8 Å². The van der Waals surface area contributed by atoms with Crippen LogP contribution in [0.5, 0.6) is 0 Å². The molecule has 0 radical (unpaired) electrons. The summed E-state index contributed by atoms with van der Waals surface area (Å²) in [6, 6.07) is 0. The van der Waals surface area contributed by atoms with E-state index < -0.39 is 6.09 Å². The lowest BCUT2D eigenvalue weighted by molar-refractivity contribution is -0.146. The van der Waals surface area contributed by atoms with Gasteiger partial charge in [0.25, 0.3) is 0 Å². The van der Waals surface area contributed by atoms with E-state index in [1.165, 1.54) is 0 Å². The summed E-state index contributed by atoms with van der Waals surface area (Å²) < 4.78 is 9.87. The molecule has 5 heteroatoms. The van der Waals surface area contributed by atoms with E-state index in [1.54, 1.807) is 0 Å². The fraction of sp³-hybridized carbons (Fsp3) is 0.846. The Balaban J connectivity index is 4.12. The van der Waals surface area contributed by atoms with Crippen molar-refractivity contribution in [2.24, 2.45) is 23.5 Å². The van der Waals surface area contributed by atoms with Crippen LogP contribution in [0.2, 0.25) is 0 Å². The van der Waals surface area contributed by atoms with Crippen LogP contribution in [0.25, 0.3) is 0 Å². The summed E-state index contributed by atoms with van der Waals surface area (Å²) in [5.74, 6) is 0.461. The van der Waals surface area contributed by atoms with Crippen molar-refractivity contribution < 1.29 is 19.1 Å². The molecule has 106 valence electrons. The van der Waals surface area contributed by atoms with Gasteiger partial charge in [-0.25, -0.2) is 4.79 Å². The van der Waals surface area contributed by atoms with Gasteiger partial charge in [0.15, 0.2) is 0 Å². The minimum absolute atomic E-state index is 0.0304. The molecule has 0 rings (SSSR count). The number of carbonyl (C=O) groups excluding carboxylic acids is 2. The molecule has 0 saturated heterocycles. The summed E-state index contributed by atoms with van der Waals surface area (Å²) in [5.41, 5.74) is 4.92. The lowest BCUT2D eigenvalue weighted by Crippen LogP contribution is -2.23. The number of esters is 1. The van der Waals surface area contributed by atoms with E-state index >= 15 is 0 Å². The molecule has 0 saturated carbocycles. The lowest BCUT2D eigenvalue weighted by atomic mass is 9.95. The van der Waals surface area contributed by atoms with Crippen molar-refractivity contribution in [1.29, 1.82) is 0 Å². The van der Waals surface area contributed by atoms with Crippen LogP contribution in [0, 0.1) is 17.8 Å². The topological polar surface area (TPSA) is 78.6 Å². The van der Waals surface area contributed by atoms with E-state index in [4.69, 9.17) is 15.2 Å². The summed E-state index contributed by atoms with van der Waals surface area (Å²) >= 11 is 0. The Kier molecular flexibility index (Phi) is 8.16. The quantitative estimate of drug-likeness (QED) is 0.678. The molecule has 2 N–H and O–H groups in total. The SMILES string of the molecule is CC(C)COC(=O)C[C@@H](COC(N)=O)CC(C)C. The number of hydrogen-bond acceptors (Lipinski definition) is 4. The molecule has 0 aliphatic heterocycles. The highest BCUT2D eigenvalue weighted by Crippen LogP contribution is 2.17. The minimum atomic E-state index is -0.806. The molecule has 0 aliphatic carbocycles. The zero-order valence-electron chi connectivity index (χ0n) is 11.8. The Morgan fingerprint density at radius 1 is 1.00 bits per heavy atom. The molecule has 0 bridgehead atoms. The number of nitrogens with two attached hydrogens (primary N) is 1. The second-order valence-electron chi connectivity index (χ2n) is 5.41. The van der Waals surface area contributed by atoms with Crippen molar-refractivity contribution >= 4 is 12.1 Å². The maximum Gasteiger partial charge on any atom is 0.404 e. The number of carbonyl (C=O) groups is 2. The predicted molar refractivity (Wildman–Crippen MR) is 68.9 cm³/mol. The van der Waals surface area contributed by atoms with E-state index in [-0.39, 0.29) is 24.9 Å². The average molecular weight is 259 g/mol. The van der Waals surface area contributed by atoms with Crippen molar-refractivity contribution in [3.05, 3.63) is 0 Å². The van der Waals surface area contributed by atoms with Crippen molar-refractivity contribution in [3.8, 4) is 0 Å². The van der Waals surface area contributed by atoms with E-state index in [2.05, 4.69) is 13.8 Å². The number of ether oxygens (including phenoxy) is 2. The number of hydrogen-bond donors (Lipinski definition) is 1. The second kappa shape index (κ2) is 8.78. The third-order valence-corrected chi connectivity index (χ3v) is 2.30. The van der Waals surface area contributed by atoms with E-state index in [0.29, 0.717) is 18.4 Å². The molecule has 0 aromatic rings. The van der Waals surface area contributed by atoms with Gasteiger partial charge in [-0.1, -0.05) is 27.7 Å². The van der Waals surface area contributed by atoms with Crippen LogP contribution in [0.4, 0.5) is 4.79 Å². The van der Waals surface area contributed by atoms with Gasteiger partial charge in [-0.2, -0.15) is 0 Å². The van der Waals surface area contributed by atoms with Gasteiger partial charge < -0.3 is 15.2 Å². The molecule has 0 aromatic carbocycles. The molecular formula is C13H25NO4. The lowest BCUT2D eigenvalue weighted by Gasteiger charge is -2.18. The third kappa shape index (κ3) is 9.93. The van der Waals surface area contributed by atoms with Crippen molar-refractivity contribution in [1.82, 2.24) is 0 Å². The maximum atomic E-state index is 11.6. The van der Waals surface area contributed by atoms with Gasteiger partial charge in [0.1, 0.15) is 0 Å². The molecule has 18 heavy (non-hydrogen) atoms.